The molecular formula is C44H46N12O4Si. The largest absolute Gasteiger partial charge is 0.599 e. The third kappa shape index (κ3) is 5.96. The third-order valence-corrected chi connectivity index (χ3v) is 16.7. The molecule has 0 spiro atoms. The van der Waals surface area contributed by atoms with E-state index < -0.39 is 15.0 Å². The fourth-order valence-electron chi connectivity index (χ4n) is 10.6. The fraction of sp³-hybridized carbons (Fsp3) is 0.432. The lowest BCUT2D eigenvalue weighted by atomic mass is 9.82. The van der Waals surface area contributed by atoms with Gasteiger partial charge in [-0.3, -0.25) is 28.7 Å². The fourth-order valence-corrected chi connectivity index (χ4v) is 14.2. The van der Waals surface area contributed by atoms with Gasteiger partial charge in [0.15, 0.2) is 23.3 Å². The van der Waals surface area contributed by atoms with Gasteiger partial charge >= 0.3 is 8.88 Å². The zero-order valence-electron chi connectivity index (χ0n) is 33.7. The molecule has 16 nitrogen and oxygen atoms in total. The monoisotopic (exact) mass is 834 g/mol. The van der Waals surface area contributed by atoms with Gasteiger partial charge in [0.05, 0.1) is 5.69 Å². The smallest absolute Gasteiger partial charge is 0.396 e. The Labute approximate surface area is 353 Å². The standard InChI is InChI=1S/C44H46N12O4Si/c57-21-25-7-1-9-27(19-25)23-59-61(60-24-28-10-2-8-26(20-28)22-58)55-42-31-13-5-17-47-35(31)43(55)51-37-29-11-3-15-45-33(29)39(49-37)53-41-32-14-6-18-48-36(32)44(56(41)61)52-38-30-12-4-16-46-34(30)40(50-38)54-42/h3,5-6,11,13-18,25-28,43,57-58H,1-2,4,7-10,12,19-24H2,(H,49,51,53)/b52-38-,54-42-. The number of rotatable bonds is 8. The normalized spacial score (nSPS) is 30.8. The second kappa shape index (κ2) is 14.8. The Morgan fingerprint density at radius 3 is 2.21 bits per heavy atom. The van der Waals surface area contributed by atoms with Crippen LogP contribution in [-0.4, -0.2) is 105 Å². The van der Waals surface area contributed by atoms with Crippen molar-refractivity contribution < 1.29 is 19.1 Å². The Hall–Kier alpha value is -5.59. The first kappa shape index (κ1) is 37.2. The summed E-state index contributed by atoms with van der Waals surface area (Å²) in [5.74, 6) is 4.43. The van der Waals surface area contributed by atoms with E-state index in [1.807, 2.05) is 48.8 Å². The summed E-state index contributed by atoms with van der Waals surface area (Å²) in [6, 6.07) is 11.8. The van der Waals surface area contributed by atoms with E-state index in [4.69, 9.17) is 53.8 Å². The number of amidine groups is 5. The van der Waals surface area contributed by atoms with Gasteiger partial charge in [-0.05, 0) is 111 Å². The Morgan fingerprint density at radius 1 is 0.721 bits per heavy atom. The van der Waals surface area contributed by atoms with E-state index in [1.165, 1.54) is 0 Å². The number of hydrogen-bond donors (Lipinski definition) is 3. The molecule has 3 N–H and O–H groups in total. The molecule has 10 heterocycles. The van der Waals surface area contributed by atoms with E-state index in [2.05, 4.69) is 14.1 Å². The SMILES string of the molecule is OCC1CCCC(CO[Si]2(OCC3CCCC(CO)C3)N3/C4=N\C5=NC(=N\c6c7ncccc7c(n62)/N=C2\N=C(NC3c3ncccc34)c3cccnc32)/C2=C5N=CCC2)C1. The molecule has 2 saturated carbocycles. The molecule has 2 aliphatic carbocycles. The Kier molecular flexibility index (Phi) is 9.02. The second-order valence-corrected chi connectivity index (χ2v) is 20.0. The lowest BCUT2D eigenvalue weighted by molar-refractivity contribution is 0.0505. The molecule has 6 bridgehead atoms. The predicted octanol–water partition coefficient (Wildman–Crippen LogP) is 5.52. The number of nitrogens with zero attached hydrogens (tertiary/aromatic N) is 11. The summed E-state index contributed by atoms with van der Waals surface area (Å²) in [7, 11) is -4.28. The highest BCUT2D eigenvalue weighted by Gasteiger charge is 2.62. The van der Waals surface area contributed by atoms with Crippen molar-refractivity contribution in [2.75, 3.05) is 26.4 Å². The van der Waals surface area contributed by atoms with Crippen LogP contribution in [0.5, 0.6) is 0 Å². The summed E-state index contributed by atoms with van der Waals surface area (Å²) < 4.78 is 19.9. The Balaban J connectivity index is 1.19. The first-order valence-electron chi connectivity index (χ1n) is 21.8. The van der Waals surface area contributed by atoms with Crippen LogP contribution in [0.15, 0.2) is 96.2 Å². The van der Waals surface area contributed by atoms with E-state index in [0.29, 0.717) is 77.4 Å². The van der Waals surface area contributed by atoms with Gasteiger partial charge in [0.1, 0.15) is 40.6 Å². The first-order valence-corrected chi connectivity index (χ1v) is 23.5. The van der Waals surface area contributed by atoms with Crippen LogP contribution in [0.25, 0.3) is 10.9 Å². The number of fused-ring (bicyclic) bond motifs is 13. The molecule has 5 unspecified atom stereocenters. The van der Waals surface area contributed by atoms with Crippen molar-refractivity contribution in [3.8, 4) is 0 Å². The molecule has 8 aliphatic rings. The van der Waals surface area contributed by atoms with E-state index in [9.17, 15) is 10.2 Å². The second-order valence-electron chi connectivity index (χ2n) is 17.3. The molecule has 310 valence electrons. The Bertz CT molecular complexity index is 2670. The summed E-state index contributed by atoms with van der Waals surface area (Å²) in [6.07, 6.45) is 15.7. The van der Waals surface area contributed by atoms with Crippen molar-refractivity contribution >= 4 is 66.8 Å². The molecule has 4 aromatic heterocycles. The molecule has 0 radical (unpaired) electrons. The topological polar surface area (TPSA) is 192 Å². The minimum absolute atomic E-state index is 0.149. The van der Waals surface area contributed by atoms with Crippen LogP contribution in [0.3, 0.4) is 0 Å². The quantitative estimate of drug-likeness (QED) is 0.192. The van der Waals surface area contributed by atoms with Gasteiger partial charge < -0.3 is 24.4 Å². The summed E-state index contributed by atoms with van der Waals surface area (Å²) in [4.78, 5) is 46.7. The number of pyridine rings is 3. The van der Waals surface area contributed by atoms with Crippen molar-refractivity contribution in [1.29, 1.82) is 0 Å². The third-order valence-electron chi connectivity index (χ3n) is 13.5. The van der Waals surface area contributed by atoms with Gasteiger partial charge in [0.25, 0.3) is 0 Å². The minimum atomic E-state index is -4.28. The van der Waals surface area contributed by atoms with E-state index in [0.717, 1.165) is 85.6 Å². The maximum Gasteiger partial charge on any atom is 0.599 e. The van der Waals surface area contributed by atoms with Crippen LogP contribution in [0.2, 0.25) is 0 Å². The van der Waals surface area contributed by atoms with Gasteiger partial charge in [-0.25, -0.2) is 25.0 Å². The zero-order valence-corrected chi connectivity index (χ0v) is 34.7. The maximum absolute atomic E-state index is 10.4. The molecule has 2 fully saturated rings. The highest BCUT2D eigenvalue weighted by Crippen LogP contribution is 2.48. The predicted molar refractivity (Wildman–Crippen MR) is 233 cm³/mol. The molecule has 0 amide bonds. The van der Waals surface area contributed by atoms with Crippen molar-refractivity contribution in [3.63, 3.8) is 0 Å². The average molecular weight is 835 g/mol. The number of aliphatic hydroxyl groups is 2. The van der Waals surface area contributed by atoms with Crippen LogP contribution < -0.4 is 5.32 Å². The molecule has 0 saturated heterocycles. The number of nitrogens with one attached hydrogen (secondary N) is 1. The summed E-state index contributed by atoms with van der Waals surface area (Å²) >= 11 is 0. The number of hydrogen-bond acceptors (Lipinski definition) is 15. The summed E-state index contributed by atoms with van der Waals surface area (Å²) in [5.41, 5.74) is 5.26. The van der Waals surface area contributed by atoms with Gasteiger partial charge in [-0.15, -0.1) is 0 Å². The summed E-state index contributed by atoms with van der Waals surface area (Å²) in [5, 5.41) is 25.3. The van der Waals surface area contributed by atoms with Gasteiger partial charge in [-0.2, -0.15) is 0 Å². The van der Waals surface area contributed by atoms with E-state index in [1.54, 1.807) is 12.4 Å². The molecular weight excluding hydrogens is 789 g/mol. The molecule has 17 heteroatoms. The molecule has 0 aromatic carbocycles. The molecule has 6 aliphatic heterocycles. The number of aliphatic hydroxyl groups excluding tert-OH is 2. The lowest BCUT2D eigenvalue weighted by Crippen LogP contribution is -2.68. The zero-order chi connectivity index (χ0) is 40.7. The molecule has 12 rings (SSSR count). The van der Waals surface area contributed by atoms with Crippen molar-refractivity contribution in [2.45, 2.75) is 70.4 Å². The van der Waals surface area contributed by atoms with Crippen molar-refractivity contribution in [2.24, 2.45) is 53.6 Å². The van der Waals surface area contributed by atoms with Crippen LogP contribution >= 0.6 is 0 Å². The molecule has 4 aromatic rings. The van der Waals surface area contributed by atoms with Crippen LogP contribution in [0, 0.1) is 23.7 Å². The van der Waals surface area contributed by atoms with Crippen LogP contribution in [0.1, 0.15) is 92.9 Å². The summed E-state index contributed by atoms with van der Waals surface area (Å²) in [6.45, 7) is 1.03. The van der Waals surface area contributed by atoms with E-state index >= 15 is 0 Å². The van der Waals surface area contributed by atoms with E-state index in [-0.39, 0.29) is 36.9 Å². The van der Waals surface area contributed by atoms with Crippen LogP contribution in [0.4, 0.5) is 11.6 Å². The number of aliphatic imine (C=N–C) groups is 6. The van der Waals surface area contributed by atoms with Crippen molar-refractivity contribution in [1.82, 2.24) is 29.1 Å². The molecule has 5 atom stereocenters. The highest BCUT2D eigenvalue weighted by molar-refractivity contribution is 6.68. The van der Waals surface area contributed by atoms with Gasteiger partial charge in [0.2, 0.25) is 0 Å². The maximum atomic E-state index is 10.4. The number of aromatic nitrogens is 4. The first-order chi connectivity index (χ1) is 30.1. The minimum Gasteiger partial charge on any atom is -0.396 e. The average Bonchev–Trinajstić information content (AvgIpc) is 4.03. The molecule has 61 heavy (non-hydrogen) atoms. The Morgan fingerprint density at radius 2 is 1.43 bits per heavy atom. The van der Waals surface area contributed by atoms with Gasteiger partial charge in [0, 0.05) is 73.3 Å². The highest BCUT2D eigenvalue weighted by atomic mass is 28.4. The van der Waals surface area contributed by atoms with Gasteiger partial charge in [-0.1, -0.05) is 12.8 Å². The lowest BCUT2D eigenvalue weighted by Gasteiger charge is -2.44. The van der Waals surface area contributed by atoms with Crippen molar-refractivity contribution in [3.05, 3.63) is 88.8 Å². The van der Waals surface area contributed by atoms with Crippen LogP contribution in [-0.2, 0) is 8.85 Å².